The number of carbonyl (C=O) groups excluding carboxylic acids is 2. The van der Waals surface area contributed by atoms with Crippen molar-refractivity contribution in [1.29, 1.82) is 0 Å². The quantitative estimate of drug-likeness (QED) is 0.0913. The third-order valence-corrected chi connectivity index (χ3v) is 9.00. The molecule has 272 valence electrons. The van der Waals surface area contributed by atoms with Crippen molar-refractivity contribution < 1.29 is 46.1 Å². The smallest absolute Gasteiger partial charge is 0.411 e. The Morgan fingerprint density at radius 3 is 1.57 bits per heavy atom. The molecule has 4 aromatic rings. The molecule has 0 aliphatic heterocycles. The van der Waals surface area contributed by atoms with E-state index in [0.29, 0.717) is 47.9 Å². The number of aromatic hydroxyl groups is 2. The monoisotopic (exact) mass is 714 g/mol. The third-order valence-electron chi connectivity index (χ3n) is 9.00. The lowest BCUT2D eigenvalue weighted by molar-refractivity contribution is -0.288. The van der Waals surface area contributed by atoms with Gasteiger partial charge in [0.05, 0.1) is 11.4 Å². The second kappa shape index (κ2) is 13.6. The molecule has 3 N–H and O–H groups in total. The number of phenolic OH excluding ortho intramolecular Hbond substituents is 2. The van der Waals surface area contributed by atoms with Gasteiger partial charge in [0.2, 0.25) is 5.41 Å². The highest BCUT2D eigenvalue weighted by Crippen LogP contribution is 2.57. The van der Waals surface area contributed by atoms with Crippen LogP contribution in [0.4, 0.5) is 37.7 Å². The Morgan fingerprint density at radius 1 is 0.667 bits per heavy atom. The number of Topliss-reactive ketones (excluding diaryl/α,β-unsaturated/α-hetero) is 1. The van der Waals surface area contributed by atoms with Crippen LogP contribution in [0.15, 0.2) is 84.9 Å². The molecule has 0 heterocycles. The van der Waals surface area contributed by atoms with Gasteiger partial charge in [-0.25, -0.2) is 0 Å². The van der Waals surface area contributed by atoms with Crippen LogP contribution in [-0.4, -0.2) is 46.8 Å². The Balaban J connectivity index is 1.76. The normalized spacial score (nSPS) is 12.8. The number of halogens is 6. The summed E-state index contributed by atoms with van der Waals surface area (Å²) in [6.45, 7) is 10.5. The number of alkyl halides is 6. The van der Waals surface area contributed by atoms with E-state index < -0.39 is 62.9 Å². The summed E-state index contributed by atoms with van der Waals surface area (Å²) in [4.78, 5) is 26.9. The van der Waals surface area contributed by atoms with E-state index in [1.54, 1.807) is 57.2 Å². The number of hydrogen-bond acceptors (Lipinski definition) is 5. The molecule has 0 spiro atoms. The summed E-state index contributed by atoms with van der Waals surface area (Å²) < 4.78 is 90.4. The average molecular weight is 715 g/mol. The molecule has 0 saturated carbocycles. The van der Waals surface area contributed by atoms with Crippen LogP contribution in [-0.2, 0) is 5.41 Å². The zero-order valence-corrected chi connectivity index (χ0v) is 29.2. The number of amides is 1. The Labute approximate surface area is 292 Å². The number of anilines is 2. The molecule has 0 atom stereocenters. The van der Waals surface area contributed by atoms with E-state index in [2.05, 4.69) is 5.32 Å². The minimum atomic E-state index is -5.97. The topological polar surface area (TPSA) is 89.9 Å². The predicted molar refractivity (Wildman–Crippen MR) is 185 cm³/mol. The van der Waals surface area contributed by atoms with Gasteiger partial charge in [0.15, 0.2) is 5.78 Å². The molecule has 0 fully saturated rings. The fraction of sp³-hybridized carbons (Fsp3) is 0.333. The maximum Gasteiger partial charge on any atom is 0.411 e. The van der Waals surface area contributed by atoms with E-state index >= 15 is 26.3 Å². The molecule has 4 aromatic carbocycles. The summed E-state index contributed by atoms with van der Waals surface area (Å²) in [6, 6.07) is 16.6. The van der Waals surface area contributed by atoms with Gasteiger partial charge in [-0.15, -0.1) is 0 Å². The van der Waals surface area contributed by atoms with Gasteiger partial charge in [0, 0.05) is 29.1 Å². The number of ketones is 1. The van der Waals surface area contributed by atoms with Gasteiger partial charge in [-0.1, -0.05) is 76.2 Å². The minimum Gasteiger partial charge on any atom is -0.506 e. The zero-order valence-electron chi connectivity index (χ0n) is 29.2. The second-order valence-corrected chi connectivity index (χ2v) is 14.1. The van der Waals surface area contributed by atoms with E-state index in [1.165, 1.54) is 12.1 Å². The van der Waals surface area contributed by atoms with Gasteiger partial charge in [-0.2, -0.15) is 26.3 Å². The molecule has 51 heavy (non-hydrogen) atoms. The van der Waals surface area contributed by atoms with Gasteiger partial charge in [0.25, 0.3) is 5.91 Å². The molecule has 12 heteroatoms. The maximum atomic E-state index is 15.1. The van der Waals surface area contributed by atoms with Crippen molar-refractivity contribution in [1.82, 2.24) is 0 Å². The molecule has 0 aliphatic rings. The molecule has 0 radical (unpaired) electrons. The zero-order chi connectivity index (χ0) is 38.3. The van der Waals surface area contributed by atoms with Crippen LogP contribution in [0.1, 0.15) is 79.8 Å². The molecule has 0 unspecified atom stereocenters. The highest BCUT2D eigenvalue weighted by molar-refractivity contribution is 6.07. The fourth-order valence-electron chi connectivity index (χ4n) is 5.69. The van der Waals surface area contributed by atoms with E-state index in [0.717, 1.165) is 23.6 Å². The van der Waals surface area contributed by atoms with Crippen LogP contribution in [0.3, 0.4) is 0 Å². The van der Waals surface area contributed by atoms with E-state index in [4.69, 9.17) is 0 Å². The molecular formula is C39H40F6N2O4. The van der Waals surface area contributed by atoms with Crippen molar-refractivity contribution in [2.24, 2.45) is 5.41 Å². The number of nitrogens with one attached hydrogen (secondary N) is 1. The Kier molecular flexibility index (Phi) is 10.4. The van der Waals surface area contributed by atoms with E-state index in [1.807, 2.05) is 20.8 Å². The molecule has 6 nitrogen and oxygen atoms in total. The lowest BCUT2D eigenvalue weighted by Crippen LogP contribution is -2.54. The van der Waals surface area contributed by atoms with Crippen molar-refractivity contribution in [2.75, 3.05) is 17.3 Å². The summed E-state index contributed by atoms with van der Waals surface area (Å²) in [5.74, 6) is -2.13. The number of nitrogens with zero attached hydrogens (tertiary/aromatic N) is 1. The van der Waals surface area contributed by atoms with Crippen LogP contribution < -0.4 is 10.2 Å². The molecule has 0 aromatic heterocycles. The summed E-state index contributed by atoms with van der Waals surface area (Å²) in [5, 5.41) is 23.9. The molecule has 0 saturated heterocycles. The fourth-order valence-corrected chi connectivity index (χ4v) is 5.69. The second-order valence-electron chi connectivity index (χ2n) is 14.1. The Bertz CT molecular complexity index is 1890. The summed E-state index contributed by atoms with van der Waals surface area (Å²) in [7, 11) is 1.12. The molecular weight excluding hydrogens is 674 g/mol. The van der Waals surface area contributed by atoms with Gasteiger partial charge >= 0.3 is 12.4 Å². The Hall–Kier alpha value is -5.00. The standard InChI is InChI=1S/C39H40F6N2O4/c1-8-36(5,6)46-29-21-27(17-19-31(29)48)37(38(40,41)42,39(43,44)45)28-18-20-32(49)30(22-28)47(7)34(51)26-15-11-24(12-16-26)23-9-13-25(14-10-23)33(50)35(2,3)4/h9-22,46,48-49H,8H2,1-7H3. The average Bonchev–Trinajstić information content (AvgIpc) is 3.04. The van der Waals surface area contributed by atoms with Crippen LogP contribution in [0, 0.1) is 5.41 Å². The predicted octanol–water partition coefficient (Wildman–Crippen LogP) is 10.3. The summed E-state index contributed by atoms with van der Waals surface area (Å²) in [6.07, 6.45) is -11.5. The molecule has 0 bridgehead atoms. The molecule has 1 amide bonds. The summed E-state index contributed by atoms with van der Waals surface area (Å²) >= 11 is 0. The van der Waals surface area contributed by atoms with Crippen molar-refractivity contribution in [3.63, 3.8) is 0 Å². The van der Waals surface area contributed by atoms with Crippen molar-refractivity contribution in [2.45, 2.75) is 71.3 Å². The highest BCUT2D eigenvalue weighted by Gasteiger charge is 2.72. The van der Waals surface area contributed by atoms with Crippen molar-refractivity contribution in [3.8, 4) is 22.6 Å². The minimum absolute atomic E-state index is 0.0334. The van der Waals surface area contributed by atoms with Crippen LogP contribution in [0.5, 0.6) is 11.5 Å². The largest absolute Gasteiger partial charge is 0.506 e. The van der Waals surface area contributed by atoms with Crippen LogP contribution in [0.2, 0.25) is 0 Å². The maximum absolute atomic E-state index is 15.1. The van der Waals surface area contributed by atoms with Crippen molar-refractivity contribution >= 4 is 23.1 Å². The first-order chi connectivity index (χ1) is 23.4. The lowest BCUT2D eigenvalue weighted by atomic mass is 9.72. The number of rotatable bonds is 9. The first kappa shape index (κ1) is 38.8. The van der Waals surface area contributed by atoms with Crippen molar-refractivity contribution in [3.05, 3.63) is 107 Å². The van der Waals surface area contributed by atoms with Crippen LogP contribution >= 0.6 is 0 Å². The summed E-state index contributed by atoms with van der Waals surface area (Å²) in [5.41, 5.74) is -7.45. The van der Waals surface area contributed by atoms with E-state index in [-0.39, 0.29) is 17.0 Å². The number of hydrogen-bond donors (Lipinski definition) is 3. The SMILES string of the molecule is CCC(C)(C)Nc1cc(C(c2ccc(O)c(N(C)C(=O)c3ccc(-c4ccc(C(=O)C(C)(C)C)cc4)cc3)c2)(C(F)(F)F)C(F)(F)F)ccc1O. The van der Waals surface area contributed by atoms with Gasteiger partial charge in [-0.05, 0) is 78.9 Å². The van der Waals surface area contributed by atoms with Gasteiger partial charge in [-0.3, -0.25) is 9.59 Å². The first-order valence-corrected chi connectivity index (χ1v) is 16.1. The third kappa shape index (κ3) is 7.55. The van der Waals surface area contributed by atoms with E-state index in [9.17, 15) is 19.8 Å². The van der Waals surface area contributed by atoms with Crippen LogP contribution in [0.25, 0.3) is 11.1 Å². The first-order valence-electron chi connectivity index (χ1n) is 16.1. The number of carbonyl (C=O) groups is 2. The van der Waals surface area contributed by atoms with Gasteiger partial charge in [0.1, 0.15) is 11.5 Å². The lowest BCUT2D eigenvalue weighted by Gasteiger charge is -2.39. The molecule has 0 aliphatic carbocycles. The number of phenols is 2. The van der Waals surface area contributed by atoms with Gasteiger partial charge < -0.3 is 20.4 Å². The highest BCUT2D eigenvalue weighted by atomic mass is 19.4. The molecule has 4 rings (SSSR count). The number of benzene rings is 4. The Morgan fingerprint density at radius 2 is 1.12 bits per heavy atom.